The van der Waals surface area contributed by atoms with Crippen LogP contribution in [-0.2, 0) is 4.79 Å². The summed E-state index contributed by atoms with van der Waals surface area (Å²) in [5.41, 5.74) is 0. The molecule has 1 amide bonds. The minimum absolute atomic E-state index is 0.155. The number of carbonyl (C=O) groups excluding carboxylic acids is 1. The van der Waals surface area contributed by atoms with Gasteiger partial charge in [0, 0.05) is 25.7 Å². The van der Waals surface area contributed by atoms with E-state index >= 15 is 0 Å². The average molecular weight is 270 g/mol. The van der Waals surface area contributed by atoms with Crippen LogP contribution in [0, 0.1) is 5.92 Å². The fourth-order valence-corrected chi connectivity index (χ4v) is 2.33. The first kappa shape index (κ1) is 16.4. The molecule has 0 saturated carbocycles. The van der Waals surface area contributed by atoms with Crippen molar-refractivity contribution in [3.8, 4) is 0 Å². The van der Waals surface area contributed by atoms with Crippen LogP contribution >= 0.6 is 0 Å². The van der Waals surface area contributed by atoms with Crippen molar-refractivity contribution in [2.24, 2.45) is 5.92 Å². The summed E-state index contributed by atoms with van der Waals surface area (Å²) >= 11 is 0. The maximum atomic E-state index is 12.1. The van der Waals surface area contributed by atoms with E-state index in [1.165, 1.54) is 0 Å². The topological polar surface area (TPSA) is 47.6 Å². The van der Waals surface area contributed by atoms with Crippen molar-refractivity contribution in [1.82, 2.24) is 20.4 Å². The molecule has 5 heteroatoms. The van der Waals surface area contributed by atoms with Gasteiger partial charge in [-0.15, -0.1) is 0 Å². The van der Waals surface area contributed by atoms with Gasteiger partial charge in [-0.2, -0.15) is 0 Å². The quantitative estimate of drug-likeness (QED) is 0.712. The van der Waals surface area contributed by atoms with E-state index < -0.39 is 0 Å². The van der Waals surface area contributed by atoms with Gasteiger partial charge in [-0.1, -0.05) is 13.8 Å². The SMILES string of the molecule is CC(C)C(CN(C)C)NC(=O)CN1CCCNCC1. The highest BCUT2D eigenvalue weighted by molar-refractivity contribution is 5.78. The molecule has 1 fully saturated rings. The Hall–Kier alpha value is -0.650. The highest BCUT2D eigenvalue weighted by atomic mass is 16.2. The van der Waals surface area contributed by atoms with Crippen molar-refractivity contribution < 1.29 is 4.79 Å². The van der Waals surface area contributed by atoms with Crippen molar-refractivity contribution in [1.29, 1.82) is 0 Å². The Bertz CT molecular complexity index is 260. The molecule has 0 bridgehead atoms. The third-order valence-corrected chi connectivity index (χ3v) is 3.51. The van der Waals surface area contributed by atoms with E-state index in [2.05, 4.69) is 34.3 Å². The molecule has 112 valence electrons. The van der Waals surface area contributed by atoms with Crippen LogP contribution in [0.2, 0.25) is 0 Å². The van der Waals surface area contributed by atoms with Gasteiger partial charge in [0.1, 0.15) is 0 Å². The van der Waals surface area contributed by atoms with E-state index in [1.807, 2.05) is 14.1 Å². The summed E-state index contributed by atoms with van der Waals surface area (Å²) in [6, 6.07) is 0.229. The number of amides is 1. The molecule has 19 heavy (non-hydrogen) atoms. The zero-order valence-electron chi connectivity index (χ0n) is 12.9. The molecule has 0 aliphatic carbocycles. The molecule has 1 aliphatic rings. The van der Waals surface area contributed by atoms with Crippen LogP contribution in [0.1, 0.15) is 20.3 Å². The average Bonchev–Trinajstić information content (AvgIpc) is 2.56. The third kappa shape index (κ3) is 6.89. The Morgan fingerprint density at radius 3 is 2.68 bits per heavy atom. The highest BCUT2D eigenvalue weighted by Crippen LogP contribution is 2.03. The molecule has 0 radical (unpaired) electrons. The standard InChI is InChI=1S/C14H30N4O/c1-12(2)13(10-17(3)4)16-14(19)11-18-8-5-6-15-7-9-18/h12-13,15H,5-11H2,1-4H3,(H,16,19). The maximum absolute atomic E-state index is 12.1. The number of hydrogen-bond acceptors (Lipinski definition) is 4. The Morgan fingerprint density at radius 2 is 2.05 bits per heavy atom. The molecule has 0 spiro atoms. The van der Waals surface area contributed by atoms with E-state index in [-0.39, 0.29) is 11.9 Å². The highest BCUT2D eigenvalue weighted by Gasteiger charge is 2.19. The number of nitrogens with one attached hydrogen (secondary N) is 2. The summed E-state index contributed by atoms with van der Waals surface area (Å²) in [7, 11) is 4.09. The molecule has 1 atom stereocenters. The van der Waals surface area contributed by atoms with Crippen molar-refractivity contribution in [2.75, 3.05) is 53.4 Å². The first-order chi connectivity index (χ1) is 8.99. The molecule has 0 aromatic heterocycles. The third-order valence-electron chi connectivity index (χ3n) is 3.51. The van der Waals surface area contributed by atoms with Gasteiger partial charge in [0.25, 0.3) is 0 Å². The molecule has 0 aromatic rings. The zero-order chi connectivity index (χ0) is 14.3. The van der Waals surface area contributed by atoms with Gasteiger partial charge in [-0.05, 0) is 39.5 Å². The van der Waals surface area contributed by atoms with Crippen LogP contribution in [0.3, 0.4) is 0 Å². The molecular weight excluding hydrogens is 240 g/mol. The zero-order valence-corrected chi connectivity index (χ0v) is 12.9. The first-order valence-electron chi connectivity index (χ1n) is 7.36. The molecular formula is C14H30N4O. The fourth-order valence-electron chi connectivity index (χ4n) is 2.33. The van der Waals surface area contributed by atoms with Crippen LogP contribution in [0.15, 0.2) is 0 Å². The molecule has 1 heterocycles. The molecule has 2 N–H and O–H groups in total. The smallest absolute Gasteiger partial charge is 0.234 e. The number of nitrogens with zero attached hydrogens (tertiary/aromatic N) is 2. The number of rotatable bonds is 6. The monoisotopic (exact) mass is 270 g/mol. The predicted octanol–water partition coefficient (Wildman–Crippen LogP) is -0.0159. The summed E-state index contributed by atoms with van der Waals surface area (Å²) < 4.78 is 0. The van der Waals surface area contributed by atoms with Gasteiger partial charge in [-0.3, -0.25) is 9.69 Å². The van der Waals surface area contributed by atoms with E-state index in [1.54, 1.807) is 0 Å². The van der Waals surface area contributed by atoms with Crippen molar-refractivity contribution in [3.63, 3.8) is 0 Å². The molecule has 1 rings (SSSR count). The lowest BCUT2D eigenvalue weighted by atomic mass is 10.0. The Labute approximate surface area is 117 Å². The van der Waals surface area contributed by atoms with Gasteiger partial charge < -0.3 is 15.5 Å². The van der Waals surface area contributed by atoms with E-state index in [4.69, 9.17) is 0 Å². The minimum atomic E-state index is 0.155. The maximum Gasteiger partial charge on any atom is 0.234 e. The first-order valence-corrected chi connectivity index (χ1v) is 7.36. The lowest BCUT2D eigenvalue weighted by molar-refractivity contribution is -0.123. The minimum Gasteiger partial charge on any atom is -0.351 e. The Kier molecular flexibility index (Phi) is 7.34. The van der Waals surface area contributed by atoms with E-state index in [9.17, 15) is 4.79 Å². The Morgan fingerprint density at radius 1 is 1.32 bits per heavy atom. The van der Waals surface area contributed by atoms with Gasteiger partial charge in [-0.25, -0.2) is 0 Å². The van der Waals surface area contributed by atoms with Crippen molar-refractivity contribution in [3.05, 3.63) is 0 Å². The second-order valence-electron chi connectivity index (χ2n) is 6.06. The van der Waals surface area contributed by atoms with Crippen molar-refractivity contribution >= 4 is 5.91 Å². The normalized spacial score (nSPS) is 19.5. The largest absolute Gasteiger partial charge is 0.351 e. The lowest BCUT2D eigenvalue weighted by Gasteiger charge is -2.27. The molecule has 1 aliphatic heterocycles. The molecule has 5 nitrogen and oxygen atoms in total. The molecule has 0 aromatic carbocycles. The van der Waals surface area contributed by atoms with Gasteiger partial charge in [0.2, 0.25) is 5.91 Å². The summed E-state index contributed by atoms with van der Waals surface area (Å²) in [6.07, 6.45) is 1.12. The number of likely N-dealkylation sites (N-methyl/N-ethyl adjacent to an activating group) is 1. The van der Waals surface area contributed by atoms with Crippen LogP contribution in [0.4, 0.5) is 0 Å². The van der Waals surface area contributed by atoms with E-state index in [0.717, 1.165) is 39.1 Å². The number of hydrogen-bond donors (Lipinski definition) is 2. The lowest BCUT2D eigenvalue weighted by Crippen LogP contribution is -2.48. The number of carbonyl (C=O) groups is 1. The summed E-state index contributed by atoms with van der Waals surface area (Å²) in [4.78, 5) is 16.5. The van der Waals surface area contributed by atoms with Crippen LogP contribution in [0.5, 0.6) is 0 Å². The van der Waals surface area contributed by atoms with E-state index in [0.29, 0.717) is 12.5 Å². The summed E-state index contributed by atoms with van der Waals surface area (Å²) in [6.45, 7) is 9.76. The van der Waals surface area contributed by atoms with Gasteiger partial charge in [0.05, 0.1) is 6.54 Å². The van der Waals surface area contributed by atoms with Gasteiger partial charge in [0.15, 0.2) is 0 Å². The van der Waals surface area contributed by atoms with Crippen LogP contribution in [-0.4, -0.2) is 75.1 Å². The fraction of sp³-hybridized carbons (Fsp3) is 0.929. The molecule has 1 saturated heterocycles. The second kappa shape index (κ2) is 8.51. The second-order valence-corrected chi connectivity index (χ2v) is 6.06. The van der Waals surface area contributed by atoms with Crippen LogP contribution < -0.4 is 10.6 Å². The van der Waals surface area contributed by atoms with Crippen molar-refractivity contribution in [2.45, 2.75) is 26.3 Å². The predicted molar refractivity (Wildman–Crippen MR) is 79.2 cm³/mol. The summed E-state index contributed by atoms with van der Waals surface area (Å²) in [5.74, 6) is 0.611. The molecule has 1 unspecified atom stereocenters. The Balaban J connectivity index is 2.38. The van der Waals surface area contributed by atoms with Crippen LogP contribution in [0.25, 0.3) is 0 Å². The van der Waals surface area contributed by atoms with Gasteiger partial charge >= 0.3 is 0 Å². The summed E-state index contributed by atoms with van der Waals surface area (Å²) in [5, 5.41) is 6.53.